The number of carbonyl (C=O) groups is 1. The molecule has 0 spiro atoms. The number of carboxylic acid groups (broad SMARTS) is 1. The molecule has 0 aromatic carbocycles. The minimum atomic E-state index is -4.76. The fourth-order valence-corrected chi connectivity index (χ4v) is 1.37. The Morgan fingerprint density at radius 2 is 2.17 bits per heavy atom. The number of halogens is 3. The molecule has 0 aliphatic heterocycles. The number of aromatic nitrogens is 1. The van der Waals surface area contributed by atoms with Gasteiger partial charge < -0.3 is 10.4 Å². The van der Waals surface area contributed by atoms with Crippen LogP contribution in [0.15, 0.2) is 24.4 Å². The molecule has 0 aliphatic carbocycles. The molecule has 0 saturated heterocycles. The fraction of sp³-hybridized carbons (Fsp3) is 0.455. The van der Waals surface area contributed by atoms with E-state index in [1.54, 1.807) is 25.1 Å². The summed E-state index contributed by atoms with van der Waals surface area (Å²) in [6.45, 7) is 0.939. The molecule has 100 valence electrons. The Labute approximate surface area is 102 Å². The van der Waals surface area contributed by atoms with E-state index in [2.05, 4.69) is 10.3 Å². The van der Waals surface area contributed by atoms with Gasteiger partial charge in [0.15, 0.2) is 5.92 Å². The van der Waals surface area contributed by atoms with Crippen molar-refractivity contribution in [3.05, 3.63) is 30.1 Å². The fourth-order valence-electron chi connectivity index (χ4n) is 1.37. The zero-order valence-electron chi connectivity index (χ0n) is 9.61. The first-order valence-corrected chi connectivity index (χ1v) is 5.26. The number of rotatable bonds is 5. The molecule has 4 nitrogen and oxygen atoms in total. The van der Waals surface area contributed by atoms with Crippen LogP contribution in [0, 0.1) is 5.92 Å². The molecule has 0 amide bonds. The maximum Gasteiger partial charge on any atom is 0.403 e. The molecule has 0 fully saturated rings. The van der Waals surface area contributed by atoms with Crippen molar-refractivity contribution in [1.82, 2.24) is 10.3 Å². The van der Waals surface area contributed by atoms with Crippen LogP contribution in [-0.2, 0) is 4.79 Å². The number of carboxylic acids is 1. The Balaban J connectivity index is 2.61. The predicted octanol–water partition coefficient (Wildman–Crippen LogP) is 2.00. The normalized spacial score (nSPS) is 15.1. The lowest BCUT2D eigenvalue weighted by Crippen LogP contribution is -2.39. The molecular formula is C11H13F3N2O2. The van der Waals surface area contributed by atoms with Crippen LogP contribution in [0.1, 0.15) is 18.7 Å². The van der Waals surface area contributed by atoms with Crippen molar-refractivity contribution in [3.63, 3.8) is 0 Å². The van der Waals surface area contributed by atoms with Gasteiger partial charge in [0, 0.05) is 18.8 Å². The second-order valence-electron chi connectivity index (χ2n) is 3.82. The Hall–Kier alpha value is -1.63. The summed E-state index contributed by atoms with van der Waals surface area (Å²) in [6, 6.07) is 4.60. The summed E-state index contributed by atoms with van der Waals surface area (Å²) < 4.78 is 37.2. The number of alkyl halides is 3. The average Bonchev–Trinajstić information content (AvgIpc) is 2.28. The van der Waals surface area contributed by atoms with Crippen LogP contribution < -0.4 is 5.32 Å². The molecule has 2 atom stereocenters. The monoisotopic (exact) mass is 262 g/mol. The van der Waals surface area contributed by atoms with E-state index in [4.69, 9.17) is 5.11 Å². The predicted molar refractivity (Wildman–Crippen MR) is 57.8 cm³/mol. The van der Waals surface area contributed by atoms with Crippen LogP contribution in [0.3, 0.4) is 0 Å². The molecule has 18 heavy (non-hydrogen) atoms. The van der Waals surface area contributed by atoms with Gasteiger partial charge in [0.2, 0.25) is 0 Å². The van der Waals surface area contributed by atoms with E-state index >= 15 is 0 Å². The molecule has 2 N–H and O–H groups in total. The van der Waals surface area contributed by atoms with Crippen molar-refractivity contribution in [2.75, 3.05) is 6.54 Å². The van der Waals surface area contributed by atoms with Crippen LogP contribution in [0.25, 0.3) is 0 Å². The van der Waals surface area contributed by atoms with Crippen molar-refractivity contribution in [3.8, 4) is 0 Å². The zero-order valence-corrected chi connectivity index (χ0v) is 9.61. The van der Waals surface area contributed by atoms with Gasteiger partial charge in [0.05, 0.1) is 5.69 Å². The summed E-state index contributed by atoms with van der Waals surface area (Å²) in [5.41, 5.74) is 0.559. The number of nitrogens with one attached hydrogen (secondary N) is 1. The highest BCUT2D eigenvalue weighted by molar-refractivity contribution is 5.71. The molecule has 1 aromatic rings. The first-order valence-electron chi connectivity index (χ1n) is 5.26. The summed E-state index contributed by atoms with van der Waals surface area (Å²) in [4.78, 5) is 14.5. The first kappa shape index (κ1) is 14.4. The first-order chi connectivity index (χ1) is 8.32. The topological polar surface area (TPSA) is 62.2 Å². The highest BCUT2D eigenvalue weighted by Crippen LogP contribution is 2.26. The standard InChI is InChI=1S/C11H13F3N2O2/c1-7(9-4-2-3-5-15-9)16-6-8(10(17)18)11(12,13)14/h2-5,7-8,16H,6H2,1H3,(H,17,18)/t7-,8?/m0/s1. The highest BCUT2D eigenvalue weighted by Gasteiger charge is 2.44. The molecule has 1 rings (SSSR count). The van der Waals surface area contributed by atoms with E-state index in [1.807, 2.05) is 0 Å². The summed E-state index contributed by atoms with van der Waals surface area (Å²) in [7, 11) is 0. The smallest absolute Gasteiger partial charge is 0.403 e. The van der Waals surface area contributed by atoms with Gasteiger partial charge in [-0.25, -0.2) is 0 Å². The molecule has 0 aliphatic rings. The molecule has 1 heterocycles. The average molecular weight is 262 g/mol. The summed E-state index contributed by atoms with van der Waals surface area (Å²) in [6.07, 6.45) is -3.24. The van der Waals surface area contributed by atoms with Crippen LogP contribution >= 0.6 is 0 Å². The number of pyridine rings is 1. The van der Waals surface area contributed by atoms with E-state index in [1.165, 1.54) is 6.20 Å². The third kappa shape index (κ3) is 3.99. The van der Waals surface area contributed by atoms with Gasteiger partial charge in [-0.05, 0) is 19.1 Å². The number of hydrogen-bond acceptors (Lipinski definition) is 3. The molecule has 1 aromatic heterocycles. The van der Waals surface area contributed by atoms with Crippen molar-refractivity contribution in [2.45, 2.75) is 19.1 Å². The maximum absolute atomic E-state index is 12.4. The van der Waals surface area contributed by atoms with E-state index in [0.29, 0.717) is 5.69 Å². The number of aliphatic carboxylic acids is 1. The summed E-state index contributed by atoms with van der Waals surface area (Å²) >= 11 is 0. The van der Waals surface area contributed by atoms with E-state index in [9.17, 15) is 18.0 Å². The SMILES string of the molecule is C[C@H](NCC(C(=O)O)C(F)(F)F)c1ccccn1. The van der Waals surface area contributed by atoms with Gasteiger partial charge >= 0.3 is 12.1 Å². The summed E-state index contributed by atoms with van der Waals surface area (Å²) in [5.74, 6) is -4.30. The molecule has 0 saturated carbocycles. The van der Waals surface area contributed by atoms with Gasteiger partial charge in [0.1, 0.15) is 0 Å². The van der Waals surface area contributed by atoms with Gasteiger partial charge in [-0.3, -0.25) is 9.78 Å². The van der Waals surface area contributed by atoms with Crippen LogP contribution in [0.5, 0.6) is 0 Å². The zero-order chi connectivity index (χ0) is 13.8. The van der Waals surface area contributed by atoms with Crippen molar-refractivity contribution >= 4 is 5.97 Å². The lowest BCUT2D eigenvalue weighted by atomic mass is 10.1. The Morgan fingerprint density at radius 1 is 1.50 bits per heavy atom. The van der Waals surface area contributed by atoms with Gasteiger partial charge in [0.25, 0.3) is 0 Å². The van der Waals surface area contributed by atoms with E-state index in [-0.39, 0.29) is 0 Å². The minimum Gasteiger partial charge on any atom is -0.481 e. The van der Waals surface area contributed by atoms with Crippen molar-refractivity contribution in [2.24, 2.45) is 5.92 Å². The van der Waals surface area contributed by atoms with Crippen LogP contribution in [-0.4, -0.2) is 28.8 Å². The van der Waals surface area contributed by atoms with Crippen LogP contribution in [0.2, 0.25) is 0 Å². The number of nitrogens with zero attached hydrogens (tertiary/aromatic N) is 1. The second-order valence-corrected chi connectivity index (χ2v) is 3.82. The third-order valence-electron chi connectivity index (χ3n) is 2.45. The van der Waals surface area contributed by atoms with E-state index in [0.717, 1.165) is 0 Å². The lowest BCUT2D eigenvalue weighted by Gasteiger charge is -2.19. The lowest BCUT2D eigenvalue weighted by molar-refractivity contribution is -0.192. The quantitative estimate of drug-likeness (QED) is 0.852. The van der Waals surface area contributed by atoms with Gasteiger partial charge in [-0.1, -0.05) is 6.07 Å². The molecule has 0 radical (unpaired) electrons. The molecule has 1 unspecified atom stereocenters. The molecule has 0 bridgehead atoms. The summed E-state index contributed by atoms with van der Waals surface area (Å²) in [5, 5.41) is 11.0. The number of hydrogen-bond donors (Lipinski definition) is 2. The van der Waals surface area contributed by atoms with Gasteiger partial charge in [-0.2, -0.15) is 13.2 Å². The largest absolute Gasteiger partial charge is 0.481 e. The highest BCUT2D eigenvalue weighted by atomic mass is 19.4. The maximum atomic E-state index is 12.4. The third-order valence-corrected chi connectivity index (χ3v) is 2.45. The Morgan fingerprint density at radius 3 is 2.61 bits per heavy atom. The second kappa shape index (κ2) is 5.81. The van der Waals surface area contributed by atoms with Crippen molar-refractivity contribution < 1.29 is 23.1 Å². The van der Waals surface area contributed by atoms with E-state index < -0.39 is 30.7 Å². The molecule has 7 heteroatoms. The Bertz CT molecular complexity index is 395. The molecular weight excluding hydrogens is 249 g/mol. The van der Waals surface area contributed by atoms with Crippen LogP contribution in [0.4, 0.5) is 13.2 Å². The van der Waals surface area contributed by atoms with Gasteiger partial charge in [-0.15, -0.1) is 0 Å². The Kier molecular flexibility index (Phi) is 4.66. The minimum absolute atomic E-state index is 0.449. The van der Waals surface area contributed by atoms with Crippen molar-refractivity contribution in [1.29, 1.82) is 0 Å².